The van der Waals surface area contributed by atoms with Gasteiger partial charge in [-0.05, 0) is 11.8 Å². The van der Waals surface area contributed by atoms with Crippen molar-refractivity contribution in [2.45, 2.75) is 40.0 Å². The van der Waals surface area contributed by atoms with Crippen LogP contribution in [-0.2, 0) is 9.59 Å². The number of carbonyl (C=O) groups excluding carboxylic acids is 2. The van der Waals surface area contributed by atoms with E-state index in [0.717, 1.165) is 19.3 Å². The summed E-state index contributed by atoms with van der Waals surface area (Å²) in [5, 5.41) is 21.4. The van der Waals surface area contributed by atoms with Gasteiger partial charge in [0, 0.05) is 5.92 Å². The Morgan fingerprint density at radius 3 is 1.81 bits per heavy atom. The summed E-state index contributed by atoms with van der Waals surface area (Å²) in [6.07, 6.45) is 2.51. The van der Waals surface area contributed by atoms with Gasteiger partial charge in [-0.15, -0.1) is 0 Å². The Hall–Kier alpha value is 0.511. The molecule has 16 heavy (non-hydrogen) atoms. The molecule has 0 spiro atoms. The summed E-state index contributed by atoms with van der Waals surface area (Å²) in [5.74, 6) is -4.93. The van der Waals surface area contributed by atoms with Crippen LogP contribution in [-0.4, -0.2) is 60.8 Å². The van der Waals surface area contributed by atoms with Gasteiger partial charge in [-0.2, -0.15) is 0 Å². The second-order valence-electron chi connectivity index (χ2n) is 3.93. The van der Waals surface area contributed by atoms with E-state index in [2.05, 4.69) is 0 Å². The van der Waals surface area contributed by atoms with Crippen molar-refractivity contribution in [2.24, 2.45) is 17.8 Å². The van der Waals surface area contributed by atoms with E-state index in [1.54, 1.807) is 6.92 Å². The number of hydrogen-bond acceptors (Lipinski definition) is 4. The Labute approximate surface area is 137 Å². The second kappa shape index (κ2) is 9.53. The van der Waals surface area contributed by atoms with Crippen molar-refractivity contribution >= 4 is 60.8 Å². The molecular formula is C11H18BaO4. The molecule has 0 amide bonds. The molecule has 0 radical (unpaired) electrons. The fraction of sp³-hybridized carbons (Fsp3) is 0.818. The number of rotatable bonds is 7. The first-order valence-electron chi connectivity index (χ1n) is 5.37. The van der Waals surface area contributed by atoms with E-state index in [-0.39, 0.29) is 54.8 Å². The van der Waals surface area contributed by atoms with E-state index < -0.39 is 23.8 Å². The van der Waals surface area contributed by atoms with Gasteiger partial charge in [0.05, 0.1) is 11.9 Å². The zero-order valence-corrected chi connectivity index (χ0v) is 14.6. The van der Waals surface area contributed by atoms with Crippen molar-refractivity contribution in [3.05, 3.63) is 0 Å². The van der Waals surface area contributed by atoms with Crippen LogP contribution in [0.2, 0.25) is 0 Å². The number of carboxylic acids is 2. The van der Waals surface area contributed by atoms with Crippen LogP contribution in [0.1, 0.15) is 40.0 Å². The molecule has 0 aliphatic heterocycles. The summed E-state index contributed by atoms with van der Waals surface area (Å²) in [4.78, 5) is 21.4. The predicted octanol–water partition coefficient (Wildman–Crippen LogP) is -0.816. The smallest absolute Gasteiger partial charge is 0.549 e. The SMILES string of the molecule is CCCC(CC)C(C)C(C(=O)[O-])C(=O)[O-].[Ba+2]. The van der Waals surface area contributed by atoms with Crippen molar-refractivity contribution in [1.29, 1.82) is 0 Å². The molecule has 0 aliphatic carbocycles. The first-order chi connectivity index (χ1) is 6.95. The standard InChI is InChI=1S/C11H20O4.Ba/c1-4-6-8(5-2)7(3)9(10(12)13)11(14)15;/h7-9H,4-6H2,1-3H3,(H,12,13)(H,14,15);/q;+2/p-2. The molecule has 2 unspecified atom stereocenters. The fourth-order valence-corrected chi connectivity index (χ4v) is 2.01. The molecule has 2 atom stereocenters. The van der Waals surface area contributed by atoms with Crippen LogP contribution in [0, 0.1) is 17.8 Å². The molecule has 0 aliphatic rings. The first kappa shape index (κ1) is 18.9. The molecule has 88 valence electrons. The molecule has 0 saturated carbocycles. The molecule has 5 heteroatoms. The number of aliphatic carboxylic acids is 2. The van der Waals surface area contributed by atoms with E-state index in [9.17, 15) is 19.8 Å². The van der Waals surface area contributed by atoms with Gasteiger partial charge < -0.3 is 19.8 Å². The molecule has 0 saturated heterocycles. The molecule has 4 nitrogen and oxygen atoms in total. The monoisotopic (exact) mass is 352 g/mol. The Kier molecular flexibility index (Phi) is 11.2. The first-order valence-corrected chi connectivity index (χ1v) is 5.37. The summed E-state index contributed by atoms with van der Waals surface area (Å²) in [7, 11) is 0. The van der Waals surface area contributed by atoms with Gasteiger partial charge in [-0.1, -0.05) is 40.0 Å². The molecular weight excluding hydrogens is 333 g/mol. The van der Waals surface area contributed by atoms with Gasteiger partial charge in [-0.25, -0.2) is 0 Å². The van der Waals surface area contributed by atoms with Gasteiger partial charge >= 0.3 is 48.9 Å². The maximum Gasteiger partial charge on any atom is 2.00 e. The molecule has 0 heterocycles. The average Bonchev–Trinajstić information content (AvgIpc) is 2.12. The Bertz CT molecular complexity index is 216. The van der Waals surface area contributed by atoms with E-state index in [4.69, 9.17) is 0 Å². The van der Waals surface area contributed by atoms with Crippen molar-refractivity contribution in [1.82, 2.24) is 0 Å². The third-order valence-corrected chi connectivity index (χ3v) is 2.96. The maximum absolute atomic E-state index is 10.7. The molecule has 0 N–H and O–H groups in total. The molecule has 0 fully saturated rings. The Balaban J connectivity index is 0. The van der Waals surface area contributed by atoms with Crippen molar-refractivity contribution in [2.75, 3.05) is 0 Å². The minimum atomic E-state index is -1.54. The van der Waals surface area contributed by atoms with E-state index in [1.165, 1.54) is 0 Å². The predicted molar refractivity (Wildman–Crippen MR) is 57.1 cm³/mol. The van der Waals surface area contributed by atoms with E-state index >= 15 is 0 Å². The van der Waals surface area contributed by atoms with Crippen LogP contribution < -0.4 is 10.2 Å². The topological polar surface area (TPSA) is 80.3 Å². The molecule has 0 aromatic heterocycles. The van der Waals surface area contributed by atoms with Gasteiger partial charge in [0.1, 0.15) is 0 Å². The minimum absolute atomic E-state index is 0. The van der Waals surface area contributed by atoms with Gasteiger partial charge in [0.15, 0.2) is 0 Å². The third kappa shape index (κ3) is 5.72. The normalized spacial score (nSPS) is 14.0. The Morgan fingerprint density at radius 2 is 1.56 bits per heavy atom. The zero-order chi connectivity index (χ0) is 12.0. The second-order valence-corrected chi connectivity index (χ2v) is 3.93. The van der Waals surface area contributed by atoms with Crippen molar-refractivity contribution in [3.8, 4) is 0 Å². The summed E-state index contributed by atoms with van der Waals surface area (Å²) in [6.45, 7) is 5.56. The van der Waals surface area contributed by atoms with Crippen LogP contribution in [0.3, 0.4) is 0 Å². The summed E-state index contributed by atoms with van der Waals surface area (Å²) < 4.78 is 0. The van der Waals surface area contributed by atoms with Crippen LogP contribution in [0.5, 0.6) is 0 Å². The van der Waals surface area contributed by atoms with Gasteiger partial charge in [0.2, 0.25) is 0 Å². The van der Waals surface area contributed by atoms with Crippen LogP contribution in [0.25, 0.3) is 0 Å². The van der Waals surface area contributed by atoms with Crippen molar-refractivity contribution in [3.63, 3.8) is 0 Å². The average molecular weight is 352 g/mol. The number of carbonyl (C=O) groups is 2. The summed E-state index contributed by atoms with van der Waals surface area (Å²) in [6, 6.07) is 0. The fourth-order valence-electron chi connectivity index (χ4n) is 2.01. The third-order valence-electron chi connectivity index (χ3n) is 2.96. The largest absolute Gasteiger partial charge is 2.00 e. The van der Waals surface area contributed by atoms with Gasteiger partial charge in [0.25, 0.3) is 0 Å². The van der Waals surface area contributed by atoms with Crippen LogP contribution >= 0.6 is 0 Å². The number of hydrogen-bond donors (Lipinski definition) is 0. The summed E-state index contributed by atoms with van der Waals surface area (Å²) in [5.41, 5.74) is 0. The molecule has 0 rings (SSSR count). The van der Waals surface area contributed by atoms with Crippen molar-refractivity contribution < 1.29 is 19.8 Å². The van der Waals surface area contributed by atoms with E-state index in [0.29, 0.717) is 0 Å². The Morgan fingerprint density at radius 1 is 1.12 bits per heavy atom. The molecule has 0 aromatic rings. The zero-order valence-electron chi connectivity index (χ0n) is 10.2. The van der Waals surface area contributed by atoms with E-state index in [1.807, 2.05) is 13.8 Å². The quantitative estimate of drug-likeness (QED) is 0.443. The van der Waals surface area contributed by atoms with Crippen LogP contribution in [0.15, 0.2) is 0 Å². The number of carboxylic acid groups (broad SMARTS) is 2. The maximum atomic E-state index is 10.7. The minimum Gasteiger partial charge on any atom is -0.549 e. The molecule has 0 bridgehead atoms. The molecule has 0 aromatic carbocycles. The van der Waals surface area contributed by atoms with Gasteiger partial charge in [-0.3, -0.25) is 0 Å². The summed E-state index contributed by atoms with van der Waals surface area (Å²) >= 11 is 0. The van der Waals surface area contributed by atoms with Crippen LogP contribution in [0.4, 0.5) is 0 Å².